The van der Waals surface area contributed by atoms with Gasteiger partial charge in [0.15, 0.2) is 5.76 Å². The van der Waals surface area contributed by atoms with Crippen molar-refractivity contribution in [2.75, 3.05) is 20.7 Å². The molecule has 0 bridgehead atoms. The largest absolute Gasteiger partial charge is 0.463 e. The number of hydrogen-bond acceptors (Lipinski definition) is 5. The number of unbranched alkanes of at least 4 members (excludes halogenated alkanes) is 1. The van der Waals surface area contributed by atoms with Gasteiger partial charge in [0, 0.05) is 26.4 Å². The van der Waals surface area contributed by atoms with Crippen LogP contribution in [0.2, 0.25) is 0 Å². The lowest BCUT2D eigenvalue weighted by Crippen LogP contribution is -2.22. The standard InChI is InChI=1S/C17H22N2O4/c1-4-5-13-22-16(20)11-8-10-15(23-17(21)19(2)3)14-9-6-7-12-18-14/h6-12H,4-5,13H2,1-3H3/b11-8+,15-10-. The van der Waals surface area contributed by atoms with Crippen LogP contribution in [0.4, 0.5) is 4.79 Å². The van der Waals surface area contributed by atoms with E-state index in [0.717, 1.165) is 12.8 Å². The van der Waals surface area contributed by atoms with Crippen LogP contribution >= 0.6 is 0 Å². The number of pyridine rings is 1. The van der Waals surface area contributed by atoms with E-state index >= 15 is 0 Å². The van der Waals surface area contributed by atoms with Gasteiger partial charge in [0.05, 0.1) is 6.61 Å². The van der Waals surface area contributed by atoms with E-state index in [1.807, 2.05) is 6.92 Å². The van der Waals surface area contributed by atoms with E-state index in [4.69, 9.17) is 9.47 Å². The zero-order valence-corrected chi connectivity index (χ0v) is 13.7. The molecule has 0 saturated carbocycles. The van der Waals surface area contributed by atoms with Crippen molar-refractivity contribution in [3.05, 3.63) is 48.3 Å². The van der Waals surface area contributed by atoms with E-state index in [1.165, 1.54) is 23.1 Å². The van der Waals surface area contributed by atoms with Crippen molar-refractivity contribution in [2.24, 2.45) is 0 Å². The second kappa shape index (κ2) is 10.2. The molecule has 23 heavy (non-hydrogen) atoms. The molecule has 1 rings (SSSR count). The van der Waals surface area contributed by atoms with Crippen LogP contribution < -0.4 is 0 Å². The van der Waals surface area contributed by atoms with Crippen molar-refractivity contribution in [3.63, 3.8) is 0 Å². The first-order valence-electron chi connectivity index (χ1n) is 7.40. The first-order valence-corrected chi connectivity index (χ1v) is 7.40. The van der Waals surface area contributed by atoms with E-state index < -0.39 is 12.1 Å². The predicted molar refractivity (Wildman–Crippen MR) is 87.4 cm³/mol. The summed E-state index contributed by atoms with van der Waals surface area (Å²) in [7, 11) is 3.17. The van der Waals surface area contributed by atoms with Gasteiger partial charge in [-0.25, -0.2) is 9.59 Å². The van der Waals surface area contributed by atoms with Crippen LogP contribution in [0, 0.1) is 0 Å². The van der Waals surface area contributed by atoms with E-state index in [9.17, 15) is 9.59 Å². The van der Waals surface area contributed by atoms with Crippen LogP contribution in [0.3, 0.4) is 0 Å². The molecule has 1 heterocycles. The van der Waals surface area contributed by atoms with Gasteiger partial charge in [0.1, 0.15) is 5.69 Å². The van der Waals surface area contributed by atoms with Crippen molar-refractivity contribution in [3.8, 4) is 0 Å². The summed E-state index contributed by atoms with van der Waals surface area (Å²) in [6, 6.07) is 5.25. The lowest BCUT2D eigenvalue weighted by atomic mass is 10.3. The molecular formula is C17H22N2O4. The Bertz CT molecular complexity index is 565. The number of ether oxygens (including phenoxy) is 2. The Labute approximate surface area is 136 Å². The molecule has 0 aliphatic rings. The average molecular weight is 318 g/mol. The summed E-state index contributed by atoms with van der Waals surface area (Å²) in [6.45, 7) is 2.41. The highest BCUT2D eigenvalue weighted by molar-refractivity contribution is 5.83. The van der Waals surface area contributed by atoms with E-state index in [-0.39, 0.29) is 5.76 Å². The fraction of sp³-hybridized carbons (Fsp3) is 0.353. The summed E-state index contributed by atoms with van der Waals surface area (Å²) in [5, 5.41) is 0. The molecule has 1 aromatic rings. The van der Waals surface area contributed by atoms with Gasteiger partial charge in [-0.2, -0.15) is 0 Å². The zero-order valence-electron chi connectivity index (χ0n) is 13.7. The van der Waals surface area contributed by atoms with Gasteiger partial charge in [-0.3, -0.25) is 4.98 Å². The smallest absolute Gasteiger partial charge is 0.414 e. The van der Waals surface area contributed by atoms with Crippen LogP contribution in [0.5, 0.6) is 0 Å². The summed E-state index contributed by atoms with van der Waals surface area (Å²) in [5.74, 6) is -0.184. The lowest BCUT2D eigenvalue weighted by Gasteiger charge is -2.12. The van der Waals surface area contributed by atoms with Gasteiger partial charge < -0.3 is 14.4 Å². The predicted octanol–water partition coefficient (Wildman–Crippen LogP) is 3.02. The van der Waals surface area contributed by atoms with Crippen molar-refractivity contribution in [1.82, 2.24) is 9.88 Å². The van der Waals surface area contributed by atoms with Crippen molar-refractivity contribution in [2.45, 2.75) is 19.8 Å². The number of nitrogens with zero attached hydrogens (tertiary/aromatic N) is 2. The molecule has 0 aliphatic carbocycles. The molecular weight excluding hydrogens is 296 g/mol. The third-order valence-corrected chi connectivity index (χ3v) is 2.70. The van der Waals surface area contributed by atoms with Crippen LogP contribution in [0.1, 0.15) is 25.5 Å². The number of hydrogen-bond donors (Lipinski definition) is 0. The first kappa shape index (κ1) is 18.4. The SMILES string of the molecule is CCCCOC(=O)/C=C/C=C(\OC(=O)N(C)C)c1ccccn1. The number of esters is 1. The van der Waals surface area contributed by atoms with E-state index in [2.05, 4.69) is 4.98 Å². The van der Waals surface area contributed by atoms with Gasteiger partial charge in [-0.1, -0.05) is 25.5 Å². The van der Waals surface area contributed by atoms with Crippen LogP contribution in [0.25, 0.3) is 5.76 Å². The van der Waals surface area contributed by atoms with E-state index in [0.29, 0.717) is 12.3 Å². The maximum Gasteiger partial charge on any atom is 0.414 e. The molecule has 0 N–H and O–H groups in total. The molecule has 0 fully saturated rings. The number of amides is 1. The molecule has 124 valence electrons. The maximum atomic E-state index is 11.7. The van der Waals surface area contributed by atoms with Crippen molar-refractivity contribution < 1.29 is 19.1 Å². The Morgan fingerprint density at radius 3 is 2.70 bits per heavy atom. The minimum atomic E-state index is -0.527. The van der Waals surface area contributed by atoms with Gasteiger partial charge >= 0.3 is 12.1 Å². The van der Waals surface area contributed by atoms with Gasteiger partial charge in [0.2, 0.25) is 0 Å². The Morgan fingerprint density at radius 1 is 1.30 bits per heavy atom. The molecule has 0 aliphatic heterocycles. The summed E-state index contributed by atoms with van der Waals surface area (Å²) >= 11 is 0. The normalized spacial score (nSPS) is 11.3. The fourth-order valence-electron chi connectivity index (χ4n) is 1.44. The maximum absolute atomic E-state index is 11.7. The molecule has 0 radical (unpaired) electrons. The average Bonchev–Trinajstić information content (AvgIpc) is 2.54. The minimum absolute atomic E-state index is 0.252. The lowest BCUT2D eigenvalue weighted by molar-refractivity contribution is -0.137. The molecule has 6 heteroatoms. The second-order valence-corrected chi connectivity index (χ2v) is 4.89. The number of allylic oxidation sites excluding steroid dienone is 2. The molecule has 1 amide bonds. The van der Waals surface area contributed by atoms with Crippen LogP contribution in [-0.4, -0.2) is 42.6 Å². The third-order valence-electron chi connectivity index (χ3n) is 2.70. The monoisotopic (exact) mass is 318 g/mol. The Kier molecular flexibility index (Phi) is 8.13. The van der Waals surface area contributed by atoms with Crippen LogP contribution in [-0.2, 0) is 14.3 Å². The first-order chi connectivity index (χ1) is 11.0. The van der Waals surface area contributed by atoms with Crippen molar-refractivity contribution in [1.29, 1.82) is 0 Å². The molecule has 0 spiro atoms. The number of carbonyl (C=O) groups excluding carboxylic acids is 2. The number of carbonyl (C=O) groups is 2. The zero-order chi connectivity index (χ0) is 17.1. The van der Waals surface area contributed by atoms with Gasteiger partial charge in [-0.05, 0) is 24.6 Å². The highest BCUT2D eigenvalue weighted by atomic mass is 16.6. The quantitative estimate of drug-likeness (QED) is 0.254. The molecule has 0 saturated heterocycles. The molecule has 0 aromatic carbocycles. The van der Waals surface area contributed by atoms with E-state index in [1.54, 1.807) is 38.5 Å². The fourth-order valence-corrected chi connectivity index (χ4v) is 1.44. The van der Waals surface area contributed by atoms with Gasteiger partial charge in [-0.15, -0.1) is 0 Å². The second-order valence-electron chi connectivity index (χ2n) is 4.89. The molecule has 6 nitrogen and oxygen atoms in total. The van der Waals surface area contributed by atoms with Crippen LogP contribution in [0.15, 0.2) is 42.6 Å². The number of aromatic nitrogens is 1. The summed E-state index contributed by atoms with van der Waals surface area (Å²) in [6.07, 6.45) is 7.11. The minimum Gasteiger partial charge on any atom is -0.463 e. The molecule has 1 aromatic heterocycles. The summed E-state index contributed by atoms with van der Waals surface area (Å²) in [5.41, 5.74) is 0.492. The summed E-state index contributed by atoms with van der Waals surface area (Å²) in [4.78, 5) is 28.7. The molecule has 0 unspecified atom stereocenters. The summed E-state index contributed by atoms with van der Waals surface area (Å²) < 4.78 is 10.3. The highest BCUT2D eigenvalue weighted by Crippen LogP contribution is 2.14. The van der Waals surface area contributed by atoms with Gasteiger partial charge in [0.25, 0.3) is 0 Å². The Balaban J connectivity index is 2.79. The number of rotatable bonds is 7. The molecule has 0 atom stereocenters. The highest BCUT2D eigenvalue weighted by Gasteiger charge is 2.11. The third kappa shape index (κ3) is 7.26. The Hall–Kier alpha value is -2.63. The topological polar surface area (TPSA) is 68.7 Å². The Morgan fingerprint density at radius 2 is 2.09 bits per heavy atom. The van der Waals surface area contributed by atoms with Crippen molar-refractivity contribution >= 4 is 17.8 Å².